The molecule has 0 aromatic heterocycles. The standard InChI is InChI=1S/C21H22N2/c1-17-5-9-19(10-6-17)20(16-22)15-18-7-11-21(12-8-18)23-13-3-2-4-14-23/h5-12,15H,2-4,13-14H2,1H3/b20-15-. The van der Waals surface area contributed by atoms with Gasteiger partial charge < -0.3 is 4.90 Å². The second-order valence-electron chi connectivity index (χ2n) is 6.18. The van der Waals surface area contributed by atoms with E-state index >= 15 is 0 Å². The maximum atomic E-state index is 9.44. The summed E-state index contributed by atoms with van der Waals surface area (Å²) in [6.45, 7) is 4.36. The van der Waals surface area contributed by atoms with Crippen LogP contribution in [-0.4, -0.2) is 13.1 Å². The van der Waals surface area contributed by atoms with Crippen LogP contribution in [0.1, 0.15) is 36.0 Å². The van der Waals surface area contributed by atoms with E-state index in [1.807, 2.05) is 30.3 Å². The van der Waals surface area contributed by atoms with E-state index in [0.29, 0.717) is 5.57 Å². The summed E-state index contributed by atoms with van der Waals surface area (Å²) < 4.78 is 0. The van der Waals surface area contributed by atoms with Crippen LogP contribution in [0.5, 0.6) is 0 Å². The highest BCUT2D eigenvalue weighted by molar-refractivity contribution is 5.89. The molecule has 0 spiro atoms. The molecule has 0 unspecified atom stereocenters. The fourth-order valence-electron chi connectivity index (χ4n) is 3.01. The van der Waals surface area contributed by atoms with E-state index in [1.54, 1.807) is 0 Å². The van der Waals surface area contributed by atoms with Crippen molar-refractivity contribution in [3.8, 4) is 6.07 Å². The minimum atomic E-state index is 0.704. The molecule has 2 aromatic rings. The van der Waals surface area contributed by atoms with Crippen LogP contribution in [0, 0.1) is 18.3 Å². The number of rotatable bonds is 3. The van der Waals surface area contributed by atoms with Gasteiger partial charge in [-0.25, -0.2) is 0 Å². The number of benzene rings is 2. The first kappa shape index (κ1) is 15.4. The van der Waals surface area contributed by atoms with E-state index < -0.39 is 0 Å². The number of nitriles is 1. The van der Waals surface area contributed by atoms with Crippen molar-refractivity contribution >= 4 is 17.3 Å². The van der Waals surface area contributed by atoms with Crippen LogP contribution in [0.25, 0.3) is 11.6 Å². The van der Waals surface area contributed by atoms with Crippen molar-refractivity contribution in [2.24, 2.45) is 0 Å². The molecule has 0 atom stereocenters. The Morgan fingerprint density at radius 1 is 0.957 bits per heavy atom. The van der Waals surface area contributed by atoms with Gasteiger partial charge >= 0.3 is 0 Å². The van der Waals surface area contributed by atoms with E-state index in [2.05, 4.69) is 42.2 Å². The van der Waals surface area contributed by atoms with Crippen molar-refractivity contribution < 1.29 is 0 Å². The first-order chi connectivity index (χ1) is 11.3. The molecule has 116 valence electrons. The highest BCUT2D eigenvalue weighted by Gasteiger charge is 2.10. The van der Waals surface area contributed by atoms with Crippen LogP contribution in [0.3, 0.4) is 0 Å². The largest absolute Gasteiger partial charge is 0.372 e. The predicted molar refractivity (Wildman–Crippen MR) is 97.2 cm³/mol. The van der Waals surface area contributed by atoms with Crippen molar-refractivity contribution in [2.45, 2.75) is 26.2 Å². The van der Waals surface area contributed by atoms with Gasteiger partial charge in [0, 0.05) is 18.8 Å². The molecule has 0 N–H and O–H groups in total. The van der Waals surface area contributed by atoms with E-state index in [9.17, 15) is 5.26 Å². The smallest absolute Gasteiger partial charge is 0.0998 e. The molecular weight excluding hydrogens is 280 g/mol. The number of aryl methyl sites for hydroxylation is 1. The lowest BCUT2D eigenvalue weighted by Gasteiger charge is -2.28. The zero-order valence-electron chi connectivity index (χ0n) is 13.6. The first-order valence-electron chi connectivity index (χ1n) is 8.30. The minimum absolute atomic E-state index is 0.704. The molecule has 0 saturated carbocycles. The Morgan fingerprint density at radius 3 is 2.22 bits per heavy atom. The van der Waals surface area contributed by atoms with Gasteiger partial charge in [0.1, 0.15) is 0 Å². The number of hydrogen-bond acceptors (Lipinski definition) is 2. The third-order valence-corrected chi connectivity index (χ3v) is 4.41. The molecule has 2 nitrogen and oxygen atoms in total. The highest BCUT2D eigenvalue weighted by atomic mass is 15.1. The van der Waals surface area contributed by atoms with E-state index in [1.165, 1.54) is 30.5 Å². The molecule has 2 heteroatoms. The molecule has 1 aliphatic rings. The Labute approximate surface area is 138 Å². The van der Waals surface area contributed by atoms with Crippen LogP contribution < -0.4 is 4.90 Å². The van der Waals surface area contributed by atoms with Gasteiger partial charge in [-0.3, -0.25) is 0 Å². The van der Waals surface area contributed by atoms with E-state index in [4.69, 9.17) is 0 Å². The molecule has 2 aromatic carbocycles. The molecule has 1 heterocycles. The lowest BCUT2D eigenvalue weighted by molar-refractivity contribution is 0.578. The molecule has 3 rings (SSSR count). The van der Waals surface area contributed by atoms with Gasteiger partial charge in [0.05, 0.1) is 11.6 Å². The summed E-state index contributed by atoms with van der Waals surface area (Å²) in [6.07, 6.45) is 5.88. The SMILES string of the molecule is Cc1ccc(/C(C#N)=C\c2ccc(N3CCCCC3)cc2)cc1. The highest BCUT2D eigenvalue weighted by Crippen LogP contribution is 2.23. The van der Waals surface area contributed by atoms with Gasteiger partial charge in [-0.1, -0.05) is 42.0 Å². The van der Waals surface area contributed by atoms with E-state index in [0.717, 1.165) is 24.2 Å². The van der Waals surface area contributed by atoms with Crippen molar-refractivity contribution in [1.29, 1.82) is 5.26 Å². The molecule has 23 heavy (non-hydrogen) atoms. The predicted octanol–water partition coefficient (Wildman–Crippen LogP) is 5.05. The van der Waals surface area contributed by atoms with Gasteiger partial charge in [-0.2, -0.15) is 5.26 Å². The van der Waals surface area contributed by atoms with E-state index in [-0.39, 0.29) is 0 Å². The summed E-state index contributed by atoms with van der Waals surface area (Å²) in [5.74, 6) is 0. The fourth-order valence-corrected chi connectivity index (χ4v) is 3.01. The van der Waals surface area contributed by atoms with Crippen molar-refractivity contribution in [3.05, 3.63) is 65.2 Å². The number of piperidine rings is 1. The van der Waals surface area contributed by atoms with Crippen LogP contribution >= 0.6 is 0 Å². The second kappa shape index (κ2) is 7.15. The first-order valence-corrected chi connectivity index (χ1v) is 8.30. The zero-order valence-corrected chi connectivity index (χ0v) is 13.6. The van der Waals surface area contributed by atoms with Crippen LogP contribution in [0.4, 0.5) is 5.69 Å². The maximum Gasteiger partial charge on any atom is 0.0998 e. The third kappa shape index (κ3) is 3.81. The molecule has 0 bridgehead atoms. The Kier molecular flexibility index (Phi) is 4.78. The summed E-state index contributed by atoms with van der Waals surface area (Å²) >= 11 is 0. The summed E-state index contributed by atoms with van der Waals surface area (Å²) in [7, 11) is 0. The summed E-state index contributed by atoms with van der Waals surface area (Å²) in [4.78, 5) is 2.45. The third-order valence-electron chi connectivity index (χ3n) is 4.41. The summed E-state index contributed by atoms with van der Waals surface area (Å²) in [6, 6.07) is 19.0. The van der Waals surface area contributed by atoms with Crippen molar-refractivity contribution in [2.75, 3.05) is 18.0 Å². The molecule has 0 radical (unpaired) electrons. The topological polar surface area (TPSA) is 27.0 Å². The number of allylic oxidation sites excluding steroid dienone is 1. The lowest BCUT2D eigenvalue weighted by Crippen LogP contribution is -2.29. The Balaban J connectivity index is 1.80. The summed E-state index contributed by atoms with van der Waals surface area (Å²) in [5, 5.41) is 9.44. The normalized spacial score (nSPS) is 15.3. The monoisotopic (exact) mass is 302 g/mol. The van der Waals surface area contributed by atoms with Crippen LogP contribution in [0.15, 0.2) is 48.5 Å². The van der Waals surface area contributed by atoms with Gasteiger partial charge in [0.25, 0.3) is 0 Å². The van der Waals surface area contributed by atoms with Crippen LogP contribution in [-0.2, 0) is 0 Å². The van der Waals surface area contributed by atoms with Crippen LogP contribution in [0.2, 0.25) is 0 Å². The minimum Gasteiger partial charge on any atom is -0.372 e. The molecule has 0 aliphatic carbocycles. The van der Waals surface area contributed by atoms with Gasteiger partial charge in [0.15, 0.2) is 0 Å². The Bertz CT molecular complexity index is 712. The Morgan fingerprint density at radius 2 is 1.61 bits per heavy atom. The molecule has 1 aliphatic heterocycles. The fraction of sp³-hybridized carbons (Fsp3) is 0.286. The number of anilines is 1. The van der Waals surface area contributed by atoms with Gasteiger partial charge in [-0.05, 0) is 55.5 Å². The average Bonchev–Trinajstić information content (AvgIpc) is 2.62. The number of nitrogens with zero attached hydrogens (tertiary/aromatic N) is 2. The Hall–Kier alpha value is -2.53. The zero-order chi connectivity index (χ0) is 16.1. The van der Waals surface area contributed by atoms with Crippen molar-refractivity contribution in [1.82, 2.24) is 0 Å². The average molecular weight is 302 g/mol. The second-order valence-corrected chi connectivity index (χ2v) is 6.18. The van der Waals surface area contributed by atoms with Gasteiger partial charge in [-0.15, -0.1) is 0 Å². The van der Waals surface area contributed by atoms with Crippen molar-refractivity contribution in [3.63, 3.8) is 0 Å². The molecule has 0 amide bonds. The number of hydrogen-bond donors (Lipinski definition) is 0. The lowest BCUT2D eigenvalue weighted by atomic mass is 10.0. The quantitative estimate of drug-likeness (QED) is 0.586. The molecule has 1 fully saturated rings. The maximum absolute atomic E-state index is 9.44. The summed E-state index contributed by atoms with van der Waals surface area (Å²) in [5.41, 5.74) is 5.24. The molecular formula is C21H22N2. The molecule has 1 saturated heterocycles. The van der Waals surface area contributed by atoms with Gasteiger partial charge in [0.2, 0.25) is 0 Å².